The summed E-state index contributed by atoms with van der Waals surface area (Å²) in [6.45, 7) is 3.13. The highest BCUT2D eigenvalue weighted by atomic mass is 16.3. The van der Waals surface area contributed by atoms with E-state index in [-0.39, 0.29) is 12.6 Å². The number of aliphatic hydroxyl groups is 1. The van der Waals surface area contributed by atoms with Gasteiger partial charge in [-0.25, -0.2) is 4.98 Å². The van der Waals surface area contributed by atoms with Crippen LogP contribution >= 0.6 is 0 Å². The molecule has 0 bridgehead atoms. The predicted molar refractivity (Wildman–Crippen MR) is 51.3 cm³/mol. The quantitative estimate of drug-likeness (QED) is 0.697. The Morgan fingerprint density at radius 1 is 1.69 bits per heavy atom. The summed E-state index contributed by atoms with van der Waals surface area (Å²) in [5.74, 6) is 0. The second-order valence-corrected chi connectivity index (χ2v) is 3.12. The van der Waals surface area contributed by atoms with Gasteiger partial charge >= 0.3 is 0 Å². The Bertz CT molecular complexity index is 247. The van der Waals surface area contributed by atoms with Crippen molar-refractivity contribution in [2.75, 3.05) is 13.2 Å². The molecule has 0 amide bonds. The van der Waals surface area contributed by atoms with Gasteiger partial charge in [-0.3, -0.25) is 0 Å². The van der Waals surface area contributed by atoms with Gasteiger partial charge in [0.2, 0.25) is 0 Å². The molecule has 1 unspecified atom stereocenters. The number of nitrogens with one attached hydrogen (secondary N) is 1. The van der Waals surface area contributed by atoms with E-state index >= 15 is 0 Å². The van der Waals surface area contributed by atoms with Crippen LogP contribution in [0.3, 0.4) is 0 Å². The predicted octanol–water partition coefficient (Wildman–Crippen LogP) is 0.453. The number of nitrogens with zero attached hydrogens (tertiary/aromatic N) is 2. The zero-order valence-electron chi connectivity index (χ0n) is 8.20. The van der Waals surface area contributed by atoms with Gasteiger partial charge < -0.3 is 15.0 Å². The van der Waals surface area contributed by atoms with Crippen molar-refractivity contribution in [1.82, 2.24) is 14.9 Å². The number of hydrogen-bond acceptors (Lipinski definition) is 3. The minimum Gasteiger partial charge on any atom is -0.394 e. The summed E-state index contributed by atoms with van der Waals surface area (Å²) in [6.07, 6.45) is 4.59. The molecule has 13 heavy (non-hydrogen) atoms. The monoisotopic (exact) mass is 183 g/mol. The summed E-state index contributed by atoms with van der Waals surface area (Å²) >= 11 is 0. The number of aromatic nitrogens is 2. The summed E-state index contributed by atoms with van der Waals surface area (Å²) in [5, 5.41) is 12.4. The Balaban J connectivity index is 2.61. The maximum Gasteiger partial charge on any atom is 0.0946 e. The molecule has 0 spiro atoms. The van der Waals surface area contributed by atoms with Gasteiger partial charge in [0.1, 0.15) is 0 Å². The zero-order valence-corrected chi connectivity index (χ0v) is 8.20. The van der Waals surface area contributed by atoms with Crippen molar-refractivity contribution in [2.45, 2.75) is 19.4 Å². The Morgan fingerprint density at radius 2 is 2.46 bits per heavy atom. The van der Waals surface area contributed by atoms with Crippen LogP contribution in [0.5, 0.6) is 0 Å². The first kappa shape index (κ1) is 10.2. The number of aryl methyl sites for hydroxylation is 1. The Labute approximate surface area is 78.6 Å². The number of hydrogen-bond donors (Lipinski definition) is 2. The van der Waals surface area contributed by atoms with Crippen molar-refractivity contribution in [3.63, 3.8) is 0 Å². The summed E-state index contributed by atoms with van der Waals surface area (Å²) in [5.41, 5.74) is 1.02. The zero-order chi connectivity index (χ0) is 9.68. The highest BCUT2D eigenvalue weighted by molar-refractivity contribution is 5.04. The molecule has 0 fully saturated rings. The molecule has 0 aliphatic carbocycles. The van der Waals surface area contributed by atoms with Gasteiger partial charge in [0, 0.05) is 13.2 Å². The smallest absolute Gasteiger partial charge is 0.0946 e. The molecule has 1 atom stereocenters. The summed E-state index contributed by atoms with van der Waals surface area (Å²) in [4.78, 5) is 4.01. The van der Waals surface area contributed by atoms with Crippen LogP contribution in [0.2, 0.25) is 0 Å². The van der Waals surface area contributed by atoms with E-state index in [1.165, 1.54) is 0 Å². The van der Waals surface area contributed by atoms with Crippen LogP contribution in [-0.4, -0.2) is 27.8 Å². The van der Waals surface area contributed by atoms with Crippen LogP contribution in [0.25, 0.3) is 0 Å². The van der Waals surface area contributed by atoms with Gasteiger partial charge in [0.25, 0.3) is 0 Å². The molecule has 4 nitrogen and oxygen atoms in total. The van der Waals surface area contributed by atoms with E-state index in [9.17, 15) is 0 Å². The molecule has 0 saturated heterocycles. The third kappa shape index (κ3) is 2.54. The van der Waals surface area contributed by atoms with Gasteiger partial charge in [-0.15, -0.1) is 0 Å². The van der Waals surface area contributed by atoms with Crippen molar-refractivity contribution in [2.24, 2.45) is 7.05 Å². The van der Waals surface area contributed by atoms with E-state index in [4.69, 9.17) is 5.11 Å². The highest BCUT2D eigenvalue weighted by Gasteiger charge is 2.11. The first-order chi connectivity index (χ1) is 6.29. The van der Waals surface area contributed by atoms with E-state index in [0.29, 0.717) is 0 Å². The Morgan fingerprint density at radius 3 is 2.92 bits per heavy atom. The fourth-order valence-corrected chi connectivity index (χ4v) is 1.28. The van der Waals surface area contributed by atoms with Gasteiger partial charge in [-0.1, -0.05) is 6.92 Å². The third-order valence-electron chi connectivity index (χ3n) is 2.03. The fraction of sp³-hybridized carbons (Fsp3) is 0.667. The van der Waals surface area contributed by atoms with E-state index in [0.717, 1.165) is 18.7 Å². The molecular weight excluding hydrogens is 166 g/mol. The molecule has 0 aromatic carbocycles. The van der Waals surface area contributed by atoms with Gasteiger partial charge in [0.05, 0.1) is 24.7 Å². The molecule has 2 N–H and O–H groups in total. The lowest BCUT2D eigenvalue weighted by Gasteiger charge is -2.15. The number of rotatable bonds is 5. The minimum atomic E-state index is 0.00690. The topological polar surface area (TPSA) is 50.1 Å². The van der Waals surface area contributed by atoms with Crippen LogP contribution < -0.4 is 5.32 Å². The number of imidazole rings is 1. The normalized spacial score (nSPS) is 13.2. The lowest BCUT2D eigenvalue weighted by Crippen LogP contribution is -2.26. The fourth-order valence-electron chi connectivity index (χ4n) is 1.28. The molecule has 0 aliphatic heterocycles. The second kappa shape index (κ2) is 4.99. The summed E-state index contributed by atoms with van der Waals surface area (Å²) in [7, 11) is 1.93. The lowest BCUT2D eigenvalue weighted by atomic mass is 10.2. The first-order valence-electron chi connectivity index (χ1n) is 4.60. The standard InChI is InChI=1S/C9H17N3O/c1-3-4-11-8(6-13)9-5-10-7-12(9)2/h5,7-8,11,13H,3-4,6H2,1-2H3. The van der Waals surface area contributed by atoms with Crippen LogP contribution in [-0.2, 0) is 7.05 Å². The first-order valence-corrected chi connectivity index (χ1v) is 4.60. The molecule has 0 aliphatic rings. The Hall–Kier alpha value is -0.870. The molecule has 1 aromatic rings. The van der Waals surface area contributed by atoms with E-state index in [1.54, 1.807) is 12.5 Å². The average molecular weight is 183 g/mol. The van der Waals surface area contributed by atoms with Crippen molar-refractivity contribution in [1.29, 1.82) is 0 Å². The highest BCUT2D eigenvalue weighted by Crippen LogP contribution is 2.09. The van der Waals surface area contributed by atoms with Gasteiger partial charge in [-0.05, 0) is 13.0 Å². The summed E-state index contributed by atoms with van der Waals surface area (Å²) < 4.78 is 1.92. The van der Waals surface area contributed by atoms with E-state index in [2.05, 4.69) is 17.2 Å². The SMILES string of the molecule is CCCNC(CO)c1cncn1C. The lowest BCUT2D eigenvalue weighted by molar-refractivity contribution is 0.240. The Kier molecular flexibility index (Phi) is 3.92. The third-order valence-corrected chi connectivity index (χ3v) is 2.03. The maximum absolute atomic E-state index is 9.15. The minimum absolute atomic E-state index is 0.00690. The molecule has 0 saturated carbocycles. The van der Waals surface area contributed by atoms with Crippen molar-refractivity contribution < 1.29 is 5.11 Å². The van der Waals surface area contributed by atoms with Crippen molar-refractivity contribution in [3.8, 4) is 0 Å². The van der Waals surface area contributed by atoms with Crippen molar-refractivity contribution in [3.05, 3.63) is 18.2 Å². The van der Waals surface area contributed by atoms with E-state index in [1.807, 2.05) is 11.6 Å². The van der Waals surface area contributed by atoms with Crippen molar-refractivity contribution >= 4 is 0 Å². The van der Waals surface area contributed by atoms with Crippen LogP contribution in [0, 0.1) is 0 Å². The van der Waals surface area contributed by atoms with Crippen LogP contribution in [0.1, 0.15) is 25.1 Å². The largest absolute Gasteiger partial charge is 0.394 e. The number of aliphatic hydroxyl groups excluding tert-OH is 1. The average Bonchev–Trinajstić information content (AvgIpc) is 2.54. The van der Waals surface area contributed by atoms with Crippen LogP contribution in [0.4, 0.5) is 0 Å². The van der Waals surface area contributed by atoms with Crippen LogP contribution in [0.15, 0.2) is 12.5 Å². The van der Waals surface area contributed by atoms with Gasteiger partial charge in [0.15, 0.2) is 0 Å². The molecule has 1 rings (SSSR count). The second-order valence-electron chi connectivity index (χ2n) is 3.12. The molecule has 1 aromatic heterocycles. The molecule has 74 valence electrons. The molecule has 0 radical (unpaired) electrons. The maximum atomic E-state index is 9.15. The van der Waals surface area contributed by atoms with Gasteiger partial charge in [-0.2, -0.15) is 0 Å². The summed E-state index contributed by atoms with van der Waals surface area (Å²) in [6, 6.07) is 0.00690. The molecular formula is C9H17N3O. The molecule has 4 heteroatoms. The molecule has 1 heterocycles. The van der Waals surface area contributed by atoms with E-state index < -0.39 is 0 Å².